The van der Waals surface area contributed by atoms with Crippen molar-refractivity contribution in [3.8, 4) is 22.9 Å². The fourth-order valence-corrected chi connectivity index (χ4v) is 5.87. The Bertz CT molecular complexity index is 1790. The van der Waals surface area contributed by atoms with Gasteiger partial charge in [0.1, 0.15) is 17.4 Å². The van der Waals surface area contributed by atoms with Crippen molar-refractivity contribution in [3.05, 3.63) is 107 Å². The smallest absolute Gasteiger partial charge is 0.170 e. The van der Waals surface area contributed by atoms with E-state index >= 15 is 8.78 Å². The van der Waals surface area contributed by atoms with Gasteiger partial charge in [-0.2, -0.15) is 0 Å². The largest absolute Gasteiger partial charge is 0.454 e. The second-order valence-corrected chi connectivity index (χ2v) is 12.1. The lowest BCUT2D eigenvalue weighted by atomic mass is 9.75. The van der Waals surface area contributed by atoms with Crippen LogP contribution in [0.15, 0.2) is 79.0 Å². The van der Waals surface area contributed by atoms with Gasteiger partial charge in [-0.05, 0) is 43.5 Å². The van der Waals surface area contributed by atoms with E-state index < -0.39 is 11.6 Å². The van der Waals surface area contributed by atoms with Gasteiger partial charge in [0, 0.05) is 52.8 Å². The van der Waals surface area contributed by atoms with E-state index in [1.165, 1.54) is 30.6 Å². The number of allylic oxidation sites excluding steroid dienone is 1. The molecule has 5 N–H and O–H groups in total. The molecule has 0 fully saturated rings. The van der Waals surface area contributed by atoms with Crippen LogP contribution in [0.2, 0.25) is 0 Å². The van der Waals surface area contributed by atoms with E-state index in [-0.39, 0.29) is 34.4 Å². The van der Waals surface area contributed by atoms with Crippen molar-refractivity contribution in [3.63, 3.8) is 0 Å². The maximum absolute atomic E-state index is 15.5. The summed E-state index contributed by atoms with van der Waals surface area (Å²) in [5.41, 5.74) is 10.5. The summed E-state index contributed by atoms with van der Waals surface area (Å²) in [6, 6.07) is 16.0. The number of benzene rings is 3. The van der Waals surface area contributed by atoms with Gasteiger partial charge >= 0.3 is 0 Å². The predicted octanol–water partition coefficient (Wildman–Crippen LogP) is 7.82. The van der Waals surface area contributed by atoms with Gasteiger partial charge in [0.05, 0.1) is 22.9 Å². The lowest BCUT2D eigenvalue weighted by molar-refractivity contribution is 0.364. The lowest BCUT2D eigenvalue weighted by Gasteiger charge is -2.30. The quantitative estimate of drug-likeness (QED) is 0.161. The molecule has 222 valence electrons. The normalized spacial score (nSPS) is 20.4. The third-order valence-corrected chi connectivity index (χ3v) is 8.76. The third-order valence-electron chi connectivity index (χ3n) is 8.76. The van der Waals surface area contributed by atoms with Gasteiger partial charge < -0.3 is 25.8 Å². The van der Waals surface area contributed by atoms with Crippen LogP contribution in [0.1, 0.15) is 63.3 Å². The second kappa shape index (κ2) is 11.2. The molecule has 9 heteroatoms. The predicted molar refractivity (Wildman–Crippen MR) is 164 cm³/mol. The van der Waals surface area contributed by atoms with Gasteiger partial charge in [0.25, 0.3) is 0 Å². The molecule has 2 aromatic heterocycles. The number of hydrogen-bond acceptors (Lipinski definition) is 5. The topological polar surface area (TPSA) is 105 Å². The summed E-state index contributed by atoms with van der Waals surface area (Å²) in [5.74, 6) is -0.383. The third kappa shape index (κ3) is 5.47. The average molecular weight is 583 g/mol. The number of aromatic nitrogens is 4. The number of H-pyrrole nitrogens is 2. The number of nitrogens with one attached hydrogen (secondary N) is 3. The van der Waals surface area contributed by atoms with Gasteiger partial charge in [0.2, 0.25) is 0 Å². The summed E-state index contributed by atoms with van der Waals surface area (Å²) in [7, 11) is 0. The first-order valence-electron chi connectivity index (χ1n) is 14.6. The number of rotatable bonds is 1. The number of hydrogen-bond donors (Lipinski definition) is 4. The highest BCUT2D eigenvalue weighted by Crippen LogP contribution is 2.40. The molecule has 0 radical (unpaired) electrons. The monoisotopic (exact) mass is 582 g/mol. The van der Waals surface area contributed by atoms with Crippen LogP contribution >= 0.6 is 0 Å². The molecule has 1 aliphatic rings. The summed E-state index contributed by atoms with van der Waals surface area (Å²) in [6.07, 6.45) is 8.73. The maximum Gasteiger partial charge on any atom is 0.170 e. The lowest BCUT2D eigenvalue weighted by Crippen LogP contribution is -2.26. The first-order valence-corrected chi connectivity index (χ1v) is 14.6. The Kier molecular flexibility index (Phi) is 7.42. The van der Waals surface area contributed by atoms with Crippen LogP contribution in [-0.4, -0.2) is 19.9 Å². The second-order valence-electron chi connectivity index (χ2n) is 12.1. The molecule has 1 unspecified atom stereocenters. The number of imidazole rings is 2. The fraction of sp³-hybridized carbons (Fsp3) is 0.294. The van der Waals surface area contributed by atoms with Gasteiger partial charge in [0.15, 0.2) is 11.6 Å². The van der Waals surface area contributed by atoms with Crippen LogP contribution < -0.4 is 15.8 Å². The van der Waals surface area contributed by atoms with E-state index in [0.29, 0.717) is 28.1 Å². The Balaban J connectivity index is 1.47. The van der Waals surface area contributed by atoms with Crippen LogP contribution in [0.4, 0.5) is 8.78 Å². The van der Waals surface area contributed by atoms with Gasteiger partial charge in [-0.1, -0.05) is 57.0 Å². The summed E-state index contributed by atoms with van der Waals surface area (Å²) < 4.78 is 36.9. The number of aromatic amines is 2. The standard InChI is InChI=1S/C34H36F2N6O/c1-33(2)13-7-8-14-34(3,21-9-5-4-6-10-21)29-19-39-32(42-29)23-15-22(11-12-25(23)35)43-31-24(17-38-18-28(33)37)30-27(16-26(31)36)40-20-41-30/h4-6,9-12,15-16,18-20,38H,7-8,13-14,17,37H2,1-3H3,(H,39,42)(H,40,41)/b28-18-. The molecular formula is C34H36F2N6O. The van der Waals surface area contributed by atoms with E-state index in [2.05, 4.69) is 58.2 Å². The molecule has 1 aliphatic heterocycles. The Morgan fingerprint density at radius 1 is 0.930 bits per heavy atom. The molecule has 0 spiro atoms. The minimum absolute atomic E-state index is 0.00518. The number of ether oxygens (including phenoxy) is 1. The van der Waals surface area contributed by atoms with Gasteiger partial charge in [-0.25, -0.2) is 18.7 Å². The minimum Gasteiger partial charge on any atom is -0.454 e. The highest BCUT2D eigenvalue weighted by Gasteiger charge is 2.32. The molecule has 0 aliphatic carbocycles. The number of nitrogens with zero attached hydrogens (tertiary/aromatic N) is 2. The zero-order valence-electron chi connectivity index (χ0n) is 24.6. The van der Waals surface area contributed by atoms with Crippen molar-refractivity contribution in [1.29, 1.82) is 0 Å². The molecule has 5 aromatic rings. The summed E-state index contributed by atoms with van der Waals surface area (Å²) >= 11 is 0. The van der Waals surface area contributed by atoms with E-state index in [0.717, 1.165) is 36.9 Å². The van der Waals surface area contributed by atoms with Crippen LogP contribution in [-0.2, 0) is 12.0 Å². The van der Waals surface area contributed by atoms with E-state index in [4.69, 9.17) is 10.5 Å². The molecule has 1 atom stereocenters. The molecule has 7 nitrogen and oxygen atoms in total. The van der Waals surface area contributed by atoms with E-state index in [9.17, 15) is 0 Å². The molecular weight excluding hydrogens is 546 g/mol. The van der Waals surface area contributed by atoms with E-state index in [1.54, 1.807) is 12.4 Å². The van der Waals surface area contributed by atoms with Crippen LogP contribution in [0.3, 0.4) is 0 Å². The first kappa shape index (κ1) is 28.5. The van der Waals surface area contributed by atoms with Crippen molar-refractivity contribution < 1.29 is 13.5 Å². The maximum atomic E-state index is 15.5. The van der Waals surface area contributed by atoms with E-state index in [1.807, 2.05) is 18.2 Å². The Hall–Kier alpha value is -4.66. The first-order chi connectivity index (χ1) is 20.7. The number of nitrogens with two attached hydrogens (primary N) is 1. The molecule has 0 saturated carbocycles. The molecule has 6 rings (SSSR count). The van der Waals surface area contributed by atoms with Crippen LogP contribution in [0.25, 0.3) is 22.4 Å². The highest BCUT2D eigenvalue weighted by atomic mass is 19.1. The number of halogens is 2. The molecule has 0 amide bonds. The zero-order valence-corrected chi connectivity index (χ0v) is 24.6. The molecule has 4 bridgehead atoms. The SMILES string of the molecule is CC1(C)CCCCC(C)(c2ccccc2)c2cnc([nH]2)-c2cc(ccc2F)Oc2c(F)cc3[nH]cnc3c2CN/C=C/1N. The number of fused-ring (bicyclic) bond motifs is 8. The fourth-order valence-electron chi connectivity index (χ4n) is 5.87. The van der Waals surface area contributed by atoms with Crippen LogP contribution in [0, 0.1) is 17.0 Å². The summed E-state index contributed by atoms with van der Waals surface area (Å²) in [5, 5.41) is 3.26. The summed E-state index contributed by atoms with van der Waals surface area (Å²) in [4.78, 5) is 15.4. The molecule has 3 heterocycles. The summed E-state index contributed by atoms with van der Waals surface area (Å²) in [6.45, 7) is 6.67. The van der Waals surface area contributed by atoms with Crippen molar-refractivity contribution >= 4 is 11.0 Å². The van der Waals surface area contributed by atoms with Crippen LogP contribution in [0.5, 0.6) is 11.5 Å². The Labute approximate surface area is 249 Å². The van der Waals surface area contributed by atoms with Crippen molar-refractivity contribution in [2.75, 3.05) is 0 Å². The van der Waals surface area contributed by atoms with Crippen molar-refractivity contribution in [2.24, 2.45) is 11.1 Å². The van der Waals surface area contributed by atoms with Crippen molar-refractivity contribution in [1.82, 2.24) is 25.3 Å². The zero-order chi connectivity index (χ0) is 30.2. The minimum atomic E-state index is -0.568. The molecule has 0 saturated heterocycles. The highest BCUT2D eigenvalue weighted by molar-refractivity contribution is 5.81. The Morgan fingerprint density at radius 2 is 1.72 bits per heavy atom. The average Bonchev–Trinajstić information content (AvgIpc) is 3.68. The Morgan fingerprint density at radius 3 is 2.53 bits per heavy atom. The molecule has 3 aromatic carbocycles. The van der Waals surface area contributed by atoms with Gasteiger partial charge in [-0.3, -0.25) is 0 Å². The van der Waals surface area contributed by atoms with Crippen molar-refractivity contribution in [2.45, 2.75) is 58.4 Å². The van der Waals surface area contributed by atoms with Gasteiger partial charge in [-0.15, -0.1) is 0 Å². The molecule has 43 heavy (non-hydrogen) atoms.